The Morgan fingerprint density at radius 2 is 1.69 bits per heavy atom. The second-order valence-corrected chi connectivity index (χ2v) is 9.46. The molecule has 7 heteroatoms. The minimum absolute atomic E-state index is 0.0927. The van der Waals surface area contributed by atoms with Crippen LogP contribution in [0.1, 0.15) is 72.2 Å². The molecule has 3 N–H and O–H groups in total. The number of hydrogen-bond acceptors (Lipinski definition) is 4. The standard InChI is InChI=1S/C22H28N2O4S/c25-19(14-9-4-5-10-15(14)22(27)28)24-21-18(16-11-6-12-17(16)29-21)20(26)23-13-7-2-1-3-8-13/h4-5,13-15H,1-3,6-12H2,(H,23,26)(H,24,25)(H,27,28)/t14-,15+/m1/s1. The Kier molecular flexibility index (Phi) is 6.04. The van der Waals surface area contributed by atoms with Gasteiger partial charge in [0.1, 0.15) is 5.00 Å². The molecule has 2 amide bonds. The second-order valence-electron chi connectivity index (χ2n) is 8.35. The van der Waals surface area contributed by atoms with E-state index in [4.69, 9.17) is 0 Å². The molecule has 3 aliphatic rings. The van der Waals surface area contributed by atoms with Gasteiger partial charge in [-0.15, -0.1) is 11.3 Å². The normalized spacial score (nSPS) is 24.1. The highest BCUT2D eigenvalue weighted by Crippen LogP contribution is 2.40. The molecule has 0 bridgehead atoms. The third-order valence-corrected chi connectivity index (χ3v) is 7.62. The number of carbonyl (C=O) groups is 3. The minimum Gasteiger partial charge on any atom is -0.481 e. The zero-order valence-corrected chi connectivity index (χ0v) is 17.4. The summed E-state index contributed by atoms with van der Waals surface area (Å²) in [7, 11) is 0. The van der Waals surface area contributed by atoms with Crippen LogP contribution < -0.4 is 10.6 Å². The summed E-state index contributed by atoms with van der Waals surface area (Å²) in [4.78, 5) is 38.8. The van der Waals surface area contributed by atoms with Crippen molar-refractivity contribution in [1.29, 1.82) is 0 Å². The topological polar surface area (TPSA) is 95.5 Å². The molecule has 0 aromatic carbocycles. The summed E-state index contributed by atoms with van der Waals surface area (Å²) in [6, 6.07) is 0.205. The van der Waals surface area contributed by atoms with Crippen LogP contribution in [0.4, 0.5) is 5.00 Å². The van der Waals surface area contributed by atoms with Gasteiger partial charge < -0.3 is 15.7 Å². The van der Waals surface area contributed by atoms with Gasteiger partial charge in [-0.3, -0.25) is 14.4 Å². The molecule has 0 spiro atoms. The van der Waals surface area contributed by atoms with Gasteiger partial charge >= 0.3 is 5.97 Å². The fourth-order valence-corrected chi connectivity index (χ4v) is 6.11. The van der Waals surface area contributed by atoms with Crippen molar-refractivity contribution in [3.63, 3.8) is 0 Å². The van der Waals surface area contributed by atoms with Crippen LogP contribution in [-0.4, -0.2) is 28.9 Å². The van der Waals surface area contributed by atoms with Crippen molar-refractivity contribution in [2.24, 2.45) is 11.8 Å². The van der Waals surface area contributed by atoms with Gasteiger partial charge in [0.15, 0.2) is 0 Å². The molecular formula is C22H28N2O4S. The molecule has 0 unspecified atom stereocenters. The van der Waals surface area contributed by atoms with E-state index in [0.717, 1.165) is 50.5 Å². The highest BCUT2D eigenvalue weighted by atomic mass is 32.1. The highest BCUT2D eigenvalue weighted by molar-refractivity contribution is 7.17. The number of nitrogens with one attached hydrogen (secondary N) is 2. The van der Waals surface area contributed by atoms with Gasteiger partial charge in [-0.2, -0.15) is 0 Å². The summed E-state index contributed by atoms with van der Waals surface area (Å²) < 4.78 is 0. The SMILES string of the molecule is O=C(NC1CCCCC1)c1c(NC(=O)[C@@H]2CC=CC[C@@H]2C(=O)O)sc2c1CCC2. The molecule has 3 aliphatic carbocycles. The summed E-state index contributed by atoms with van der Waals surface area (Å²) in [5.74, 6) is -2.66. The average molecular weight is 417 g/mol. The number of carbonyl (C=O) groups excluding carboxylic acids is 2. The molecule has 0 radical (unpaired) electrons. The summed E-state index contributed by atoms with van der Waals surface area (Å²) in [6.45, 7) is 0. The van der Waals surface area contributed by atoms with E-state index in [1.807, 2.05) is 12.2 Å². The fourth-order valence-electron chi connectivity index (χ4n) is 4.82. The van der Waals surface area contributed by atoms with Crippen molar-refractivity contribution < 1.29 is 19.5 Å². The first-order chi connectivity index (χ1) is 14.0. The predicted molar refractivity (Wildman–Crippen MR) is 112 cm³/mol. The monoisotopic (exact) mass is 416 g/mol. The van der Waals surface area contributed by atoms with E-state index in [2.05, 4.69) is 10.6 Å². The Hall–Kier alpha value is -2.15. The maximum atomic E-state index is 13.1. The zero-order chi connectivity index (χ0) is 20.4. The number of allylic oxidation sites excluding steroid dienone is 2. The highest BCUT2D eigenvalue weighted by Gasteiger charge is 2.36. The van der Waals surface area contributed by atoms with Crippen LogP contribution >= 0.6 is 11.3 Å². The number of amides is 2. The Balaban J connectivity index is 1.54. The lowest BCUT2D eigenvalue weighted by Crippen LogP contribution is -2.37. The fraction of sp³-hybridized carbons (Fsp3) is 0.591. The van der Waals surface area contributed by atoms with Crippen LogP contribution in [0.5, 0.6) is 0 Å². The van der Waals surface area contributed by atoms with Crippen LogP contribution in [0.2, 0.25) is 0 Å². The number of fused-ring (bicyclic) bond motifs is 1. The summed E-state index contributed by atoms with van der Waals surface area (Å²) in [6.07, 6.45) is 12.8. The molecule has 0 aliphatic heterocycles. The van der Waals surface area contributed by atoms with Gasteiger partial charge in [0, 0.05) is 10.9 Å². The molecule has 156 valence electrons. The largest absolute Gasteiger partial charge is 0.481 e. The Labute approximate surface area is 174 Å². The van der Waals surface area contributed by atoms with Gasteiger partial charge in [-0.25, -0.2) is 0 Å². The van der Waals surface area contributed by atoms with E-state index in [0.29, 0.717) is 23.4 Å². The summed E-state index contributed by atoms with van der Waals surface area (Å²) >= 11 is 1.48. The first-order valence-electron chi connectivity index (χ1n) is 10.7. The number of aryl methyl sites for hydroxylation is 1. The van der Waals surface area contributed by atoms with Crippen LogP contribution in [0, 0.1) is 11.8 Å². The number of hydrogen-bond donors (Lipinski definition) is 3. The van der Waals surface area contributed by atoms with Crippen molar-refractivity contribution in [3.05, 3.63) is 28.2 Å². The third kappa shape index (κ3) is 4.25. The number of carboxylic acids is 1. The second kappa shape index (κ2) is 8.69. The minimum atomic E-state index is -0.946. The van der Waals surface area contributed by atoms with E-state index in [1.165, 1.54) is 22.6 Å². The first-order valence-corrected chi connectivity index (χ1v) is 11.5. The first kappa shape index (κ1) is 20.1. The maximum Gasteiger partial charge on any atom is 0.307 e. The molecule has 1 saturated carbocycles. The number of aliphatic carboxylic acids is 1. The van der Waals surface area contributed by atoms with Crippen molar-refractivity contribution in [1.82, 2.24) is 5.32 Å². The van der Waals surface area contributed by atoms with Gasteiger partial charge in [0.25, 0.3) is 5.91 Å². The molecule has 6 nitrogen and oxygen atoms in total. The lowest BCUT2D eigenvalue weighted by Gasteiger charge is -2.25. The lowest BCUT2D eigenvalue weighted by atomic mass is 9.82. The van der Waals surface area contributed by atoms with E-state index in [-0.39, 0.29) is 17.9 Å². The number of carboxylic acid groups (broad SMARTS) is 1. The van der Waals surface area contributed by atoms with Crippen LogP contribution in [-0.2, 0) is 22.4 Å². The quantitative estimate of drug-likeness (QED) is 0.634. The van der Waals surface area contributed by atoms with Crippen molar-refractivity contribution in [2.75, 3.05) is 5.32 Å². The molecule has 1 aromatic rings. The molecule has 2 atom stereocenters. The smallest absolute Gasteiger partial charge is 0.307 e. The Morgan fingerprint density at radius 1 is 0.966 bits per heavy atom. The lowest BCUT2D eigenvalue weighted by molar-refractivity contribution is -0.146. The number of anilines is 1. The van der Waals surface area contributed by atoms with Crippen molar-refractivity contribution >= 4 is 34.1 Å². The van der Waals surface area contributed by atoms with Crippen molar-refractivity contribution in [3.8, 4) is 0 Å². The summed E-state index contributed by atoms with van der Waals surface area (Å²) in [5.41, 5.74) is 1.68. The van der Waals surface area contributed by atoms with Crippen LogP contribution in [0.3, 0.4) is 0 Å². The predicted octanol–water partition coefficient (Wildman–Crippen LogP) is 3.90. The van der Waals surface area contributed by atoms with Gasteiger partial charge in [-0.1, -0.05) is 31.4 Å². The van der Waals surface area contributed by atoms with Gasteiger partial charge in [0.05, 0.1) is 17.4 Å². The zero-order valence-electron chi connectivity index (χ0n) is 16.5. The van der Waals surface area contributed by atoms with E-state index >= 15 is 0 Å². The molecule has 1 aromatic heterocycles. The molecule has 4 rings (SSSR count). The Bertz CT molecular complexity index is 838. The van der Waals surface area contributed by atoms with E-state index in [1.54, 1.807) is 0 Å². The molecule has 1 fully saturated rings. The number of rotatable bonds is 5. The number of thiophene rings is 1. The van der Waals surface area contributed by atoms with E-state index in [9.17, 15) is 19.5 Å². The van der Waals surface area contributed by atoms with Gasteiger partial charge in [0.2, 0.25) is 5.91 Å². The van der Waals surface area contributed by atoms with Gasteiger partial charge in [-0.05, 0) is 50.5 Å². The maximum absolute atomic E-state index is 13.1. The Morgan fingerprint density at radius 3 is 2.41 bits per heavy atom. The molecular weight excluding hydrogens is 388 g/mol. The molecule has 1 heterocycles. The van der Waals surface area contributed by atoms with E-state index < -0.39 is 17.8 Å². The van der Waals surface area contributed by atoms with Crippen LogP contribution in [0.25, 0.3) is 0 Å². The third-order valence-electron chi connectivity index (χ3n) is 6.41. The van der Waals surface area contributed by atoms with Crippen molar-refractivity contribution in [2.45, 2.75) is 70.3 Å². The van der Waals surface area contributed by atoms with Crippen LogP contribution in [0.15, 0.2) is 12.2 Å². The molecule has 0 saturated heterocycles. The average Bonchev–Trinajstić information content (AvgIpc) is 3.29. The summed E-state index contributed by atoms with van der Waals surface area (Å²) in [5, 5.41) is 16.2. The molecule has 29 heavy (non-hydrogen) atoms.